The second-order valence-electron chi connectivity index (χ2n) is 6.76. The molecule has 6 nitrogen and oxygen atoms in total. The summed E-state index contributed by atoms with van der Waals surface area (Å²) in [6, 6.07) is 8.57. The van der Waals surface area contributed by atoms with Crippen LogP contribution in [0.25, 0.3) is 10.9 Å². The molecule has 0 bridgehead atoms. The van der Waals surface area contributed by atoms with E-state index < -0.39 is 0 Å². The van der Waals surface area contributed by atoms with Crippen molar-refractivity contribution in [3.8, 4) is 0 Å². The number of fused-ring (bicyclic) bond motifs is 1. The molecule has 1 amide bonds. The molecule has 0 unspecified atom stereocenters. The molecule has 1 aromatic carbocycles. The lowest BCUT2D eigenvalue weighted by atomic mass is 9.87. The first kappa shape index (κ1) is 16.9. The van der Waals surface area contributed by atoms with Crippen LogP contribution in [0.5, 0.6) is 0 Å². The number of rotatable bonds is 4. The van der Waals surface area contributed by atoms with Crippen LogP contribution in [0.2, 0.25) is 0 Å². The number of benzene rings is 1. The van der Waals surface area contributed by atoms with Gasteiger partial charge in [0, 0.05) is 23.4 Å². The zero-order valence-electron chi connectivity index (χ0n) is 14.3. The molecule has 2 heterocycles. The van der Waals surface area contributed by atoms with Gasteiger partial charge in [-0.25, -0.2) is 0 Å². The molecule has 134 valence electrons. The average molecular weight is 368 g/mol. The van der Waals surface area contributed by atoms with E-state index in [-0.39, 0.29) is 11.5 Å². The number of para-hydroxylation sites is 1. The van der Waals surface area contributed by atoms with E-state index in [9.17, 15) is 9.59 Å². The fourth-order valence-electron chi connectivity index (χ4n) is 3.58. The first-order valence-corrected chi connectivity index (χ1v) is 9.76. The predicted octanol–water partition coefficient (Wildman–Crippen LogP) is 3.75. The molecule has 3 aromatic rings. The molecule has 0 saturated heterocycles. The highest BCUT2D eigenvalue weighted by Crippen LogP contribution is 2.28. The molecule has 1 aliphatic carbocycles. The van der Waals surface area contributed by atoms with E-state index in [1.807, 2.05) is 18.2 Å². The number of hydrogen-bond donors (Lipinski definition) is 2. The lowest BCUT2D eigenvalue weighted by Crippen LogP contribution is -2.16. The number of carbonyl (C=O) groups is 1. The van der Waals surface area contributed by atoms with Crippen molar-refractivity contribution < 1.29 is 4.79 Å². The first-order chi connectivity index (χ1) is 12.7. The summed E-state index contributed by atoms with van der Waals surface area (Å²) in [5.41, 5.74) is 0.679. The number of H-pyrrole nitrogens is 1. The van der Waals surface area contributed by atoms with Crippen LogP contribution in [-0.4, -0.2) is 21.1 Å². The Bertz CT molecular complexity index is 988. The fraction of sp³-hybridized carbons (Fsp3) is 0.368. The van der Waals surface area contributed by atoms with E-state index in [4.69, 9.17) is 0 Å². The van der Waals surface area contributed by atoms with E-state index in [1.54, 1.807) is 6.07 Å². The molecule has 0 radical (unpaired) electrons. The van der Waals surface area contributed by atoms with Gasteiger partial charge in [0.25, 0.3) is 5.91 Å². The quantitative estimate of drug-likeness (QED) is 0.734. The maximum absolute atomic E-state index is 12.7. The van der Waals surface area contributed by atoms with Crippen molar-refractivity contribution in [2.24, 2.45) is 5.92 Å². The summed E-state index contributed by atoms with van der Waals surface area (Å²) in [4.78, 5) is 27.2. The molecule has 0 aliphatic heterocycles. The van der Waals surface area contributed by atoms with Gasteiger partial charge in [-0.3, -0.25) is 14.9 Å². The lowest BCUT2D eigenvalue weighted by molar-refractivity contribution is 0.102. The molecule has 2 aromatic heterocycles. The highest BCUT2D eigenvalue weighted by atomic mass is 32.1. The number of pyridine rings is 1. The van der Waals surface area contributed by atoms with Crippen molar-refractivity contribution in [3.63, 3.8) is 0 Å². The smallest absolute Gasteiger partial charge is 0.258 e. The highest BCUT2D eigenvalue weighted by molar-refractivity contribution is 7.15. The minimum atomic E-state index is -0.340. The third-order valence-corrected chi connectivity index (χ3v) is 5.73. The summed E-state index contributed by atoms with van der Waals surface area (Å²) < 4.78 is 0. The van der Waals surface area contributed by atoms with E-state index in [0.717, 1.165) is 11.4 Å². The second-order valence-corrected chi connectivity index (χ2v) is 7.82. The van der Waals surface area contributed by atoms with Crippen LogP contribution in [0.3, 0.4) is 0 Å². The summed E-state index contributed by atoms with van der Waals surface area (Å²) >= 11 is 1.42. The maximum atomic E-state index is 12.7. The van der Waals surface area contributed by atoms with Gasteiger partial charge in [-0.15, -0.1) is 10.2 Å². The maximum Gasteiger partial charge on any atom is 0.258 e. The number of aromatic amines is 1. The Morgan fingerprint density at radius 1 is 1.19 bits per heavy atom. The van der Waals surface area contributed by atoms with Crippen molar-refractivity contribution in [3.05, 3.63) is 51.3 Å². The molecule has 1 saturated carbocycles. The normalized spacial score (nSPS) is 15.2. The van der Waals surface area contributed by atoms with Gasteiger partial charge in [0.15, 0.2) is 0 Å². The van der Waals surface area contributed by atoms with Gasteiger partial charge in [0.05, 0.1) is 5.56 Å². The van der Waals surface area contributed by atoms with Crippen LogP contribution >= 0.6 is 11.3 Å². The number of carbonyl (C=O) groups excluding carboxylic acids is 1. The molecule has 0 spiro atoms. The summed E-state index contributed by atoms with van der Waals surface area (Å²) in [5.74, 6) is 0.338. The van der Waals surface area contributed by atoms with Crippen molar-refractivity contribution in [2.45, 2.75) is 38.5 Å². The number of nitrogens with zero attached hydrogens (tertiary/aromatic N) is 2. The SMILES string of the molecule is O=C(Nc1nnc(CC2CCCCC2)s1)c1cc(=O)[nH]c2ccccc12. The molecule has 7 heteroatoms. The fourth-order valence-corrected chi connectivity index (χ4v) is 4.43. The number of amides is 1. The molecule has 1 aliphatic rings. The third-order valence-electron chi connectivity index (χ3n) is 4.87. The topological polar surface area (TPSA) is 87.7 Å². The Hall–Kier alpha value is -2.54. The summed E-state index contributed by atoms with van der Waals surface area (Å²) in [6.07, 6.45) is 7.35. The van der Waals surface area contributed by atoms with Crippen molar-refractivity contribution in [2.75, 3.05) is 5.32 Å². The highest BCUT2D eigenvalue weighted by Gasteiger charge is 2.18. The van der Waals surface area contributed by atoms with Crippen LogP contribution in [-0.2, 0) is 6.42 Å². The molecular weight excluding hydrogens is 348 g/mol. The Balaban J connectivity index is 1.51. The first-order valence-electron chi connectivity index (χ1n) is 8.95. The van der Waals surface area contributed by atoms with Crippen LogP contribution in [0.15, 0.2) is 35.1 Å². The molecular formula is C19H20N4O2S. The Kier molecular flexibility index (Phi) is 4.79. The van der Waals surface area contributed by atoms with Gasteiger partial charge in [-0.05, 0) is 12.0 Å². The molecule has 0 atom stereocenters. The Morgan fingerprint density at radius 3 is 2.85 bits per heavy atom. The third kappa shape index (κ3) is 3.67. The van der Waals surface area contributed by atoms with E-state index >= 15 is 0 Å². The molecule has 4 rings (SSSR count). The average Bonchev–Trinajstić information content (AvgIpc) is 3.08. The van der Waals surface area contributed by atoms with Gasteiger partial charge in [-0.1, -0.05) is 61.6 Å². The van der Waals surface area contributed by atoms with Crippen LogP contribution in [0.1, 0.15) is 47.5 Å². The van der Waals surface area contributed by atoms with Crippen LogP contribution in [0, 0.1) is 5.92 Å². The molecule has 26 heavy (non-hydrogen) atoms. The summed E-state index contributed by atoms with van der Waals surface area (Å²) in [7, 11) is 0. The zero-order valence-corrected chi connectivity index (χ0v) is 15.1. The monoisotopic (exact) mass is 368 g/mol. The largest absolute Gasteiger partial charge is 0.322 e. The number of aromatic nitrogens is 3. The Labute approximate surface area is 154 Å². The van der Waals surface area contributed by atoms with Gasteiger partial charge >= 0.3 is 0 Å². The molecule has 1 fully saturated rings. The van der Waals surface area contributed by atoms with Gasteiger partial charge in [0.2, 0.25) is 10.7 Å². The van der Waals surface area contributed by atoms with E-state index in [0.29, 0.717) is 27.5 Å². The number of hydrogen-bond acceptors (Lipinski definition) is 5. The van der Waals surface area contributed by atoms with Crippen LogP contribution < -0.4 is 10.9 Å². The van der Waals surface area contributed by atoms with Crippen molar-refractivity contribution in [1.29, 1.82) is 0 Å². The Morgan fingerprint density at radius 2 is 2.00 bits per heavy atom. The lowest BCUT2D eigenvalue weighted by Gasteiger charge is -2.19. The van der Waals surface area contributed by atoms with Gasteiger partial charge in [-0.2, -0.15) is 0 Å². The standard InChI is InChI=1S/C19H20N4O2S/c24-16-11-14(13-8-4-5-9-15(13)20-16)18(25)21-19-23-22-17(26-19)10-12-6-2-1-3-7-12/h4-5,8-9,11-12H,1-3,6-7,10H2,(H,20,24)(H,21,23,25). The van der Waals surface area contributed by atoms with Crippen molar-refractivity contribution >= 4 is 33.3 Å². The van der Waals surface area contributed by atoms with Gasteiger partial charge in [0.1, 0.15) is 5.01 Å². The minimum absolute atomic E-state index is 0.302. The minimum Gasteiger partial charge on any atom is -0.322 e. The van der Waals surface area contributed by atoms with Gasteiger partial charge < -0.3 is 4.98 Å². The molecule has 2 N–H and O–H groups in total. The second kappa shape index (κ2) is 7.37. The van der Waals surface area contributed by atoms with E-state index in [2.05, 4.69) is 20.5 Å². The number of nitrogens with one attached hydrogen (secondary N) is 2. The predicted molar refractivity (Wildman–Crippen MR) is 103 cm³/mol. The van der Waals surface area contributed by atoms with E-state index in [1.165, 1.54) is 49.5 Å². The summed E-state index contributed by atoms with van der Waals surface area (Å²) in [6.45, 7) is 0. The summed E-state index contributed by atoms with van der Waals surface area (Å²) in [5, 5.41) is 13.3. The van der Waals surface area contributed by atoms with Crippen LogP contribution in [0.4, 0.5) is 5.13 Å². The van der Waals surface area contributed by atoms with Crippen molar-refractivity contribution in [1.82, 2.24) is 15.2 Å². The zero-order chi connectivity index (χ0) is 17.9. The number of anilines is 1.